The second kappa shape index (κ2) is 3.69. The Balaban J connectivity index is 0.000000605. The molecule has 3 heterocycles. The van der Waals surface area contributed by atoms with Crippen LogP contribution in [0.2, 0.25) is 0 Å². The number of allylic oxidation sites excluding steroid dienone is 1. The van der Waals surface area contributed by atoms with E-state index < -0.39 is 0 Å². The van der Waals surface area contributed by atoms with Crippen molar-refractivity contribution in [3.05, 3.63) is 12.3 Å². The Bertz CT molecular complexity index is 172. The molecule has 0 amide bonds. The predicted molar refractivity (Wildman–Crippen MR) is 45.7 cm³/mol. The molecule has 3 saturated heterocycles. The van der Waals surface area contributed by atoms with Gasteiger partial charge in [-0.25, -0.2) is 0 Å². The van der Waals surface area contributed by atoms with Gasteiger partial charge in [0.25, 0.3) is 0 Å². The molecule has 0 spiro atoms. The highest BCUT2D eigenvalue weighted by molar-refractivity contribution is 5.97. The van der Waals surface area contributed by atoms with Crippen molar-refractivity contribution in [1.29, 1.82) is 0 Å². The summed E-state index contributed by atoms with van der Waals surface area (Å²) >= 11 is 0. The number of piperidine rings is 3. The van der Waals surface area contributed by atoms with Crippen LogP contribution in [0.3, 0.4) is 0 Å². The molecule has 4 N–H and O–H groups in total. The number of ketones is 1. The first-order valence-corrected chi connectivity index (χ1v) is 3.77. The van der Waals surface area contributed by atoms with Crippen molar-refractivity contribution in [2.75, 3.05) is 13.1 Å². The first-order valence-electron chi connectivity index (χ1n) is 3.77. The van der Waals surface area contributed by atoms with Gasteiger partial charge in [-0.1, -0.05) is 6.58 Å². The Morgan fingerprint density at radius 3 is 2.00 bits per heavy atom. The number of rotatable bonds is 0. The van der Waals surface area contributed by atoms with E-state index in [1.807, 2.05) is 0 Å². The predicted octanol–water partition coefficient (Wildman–Crippen LogP) is -0.855. The summed E-state index contributed by atoms with van der Waals surface area (Å²) in [4.78, 5) is 13.3. The fourth-order valence-corrected chi connectivity index (χ4v) is 1.80. The van der Waals surface area contributed by atoms with E-state index in [0.29, 0.717) is 5.92 Å². The van der Waals surface area contributed by atoms with Gasteiger partial charge in [0.1, 0.15) is 0 Å². The van der Waals surface area contributed by atoms with Gasteiger partial charge >= 0.3 is 0 Å². The summed E-state index contributed by atoms with van der Waals surface area (Å²) in [6.45, 7) is 5.86. The Kier molecular flexibility index (Phi) is 3.42. The maximum absolute atomic E-state index is 11.2. The number of carbonyl (C=O) groups is 1. The molecule has 3 aliphatic rings. The quantitative estimate of drug-likeness (QED) is 0.447. The lowest BCUT2D eigenvalue weighted by Gasteiger charge is -2.40. The van der Waals surface area contributed by atoms with Crippen LogP contribution in [0.5, 0.6) is 0 Å². The standard InChI is InChI=1S/C8H11NO.2H2O/c1-6-8(10)7-2-4-9(6)5-3-7;;/h7H,1-5H2;2*1H2. The molecule has 0 radical (unpaired) electrons. The summed E-state index contributed by atoms with van der Waals surface area (Å²) < 4.78 is 0. The number of fused-ring (bicyclic) bond motifs is 3. The van der Waals surface area contributed by atoms with Crippen molar-refractivity contribution < 1.29 is 15.7 Å². The Hall–Kier alpha value is -0.870. The molecule has 0 aromatic carbocycles. The zero-order chi connectivity index (χ0) is 7.14. The minimum absolute atomic E-state index is 0. The highest BCUT2D eigenvalue weighted by Gasteiger charge is 2.34. The van der Waals surface area contributed by atoms with Crippen LogP contribution < -0.4 is 0 Å². The van der Waals surface area contributed by atoms with Crippen molar-refractivity contribution in [1.82, 2.24) is 4.90 Å². The molecule has 3 aliphatic heterocycles. The molecule has 4 nitrogen and oxygen atoms in total. The summed E-state index contributed by atoms with van der Waals surface area (Å²) in [5.74, 6) is 0.606. The monoisotopic (exact) mass is 173 g/mol. The van der Waals surface area contributed by atoms with Gasteiger partial charge in [0.05, 0.1) is 5.70 Å². The van der Waals surface area contributed by atoms with Gasteiger partial charge < -0.3 is 15.9 Å². The smallest absolute Gasteiger partial charge is 0.181 e. The lowest BCUT2D eigenvalue weighted by atomic mass is 9.85. The molecule has 70 valence electrons. The molecular weight excluding hydrogens is 158 g/mol. The molecule has 0 unspecified atom stereocenters. The molecule has 3 fully saturated rings. The number of hydrogen-bond acceptors (Lipinski definition) is 2. The van der Waals surface area contributed by atoms with E-state index in [2.05, 4.69) is 11.5 Å². The number of Topliss-reactive ketones (excluding diaryl/α,β-unsaturated/α-hetero) is 1. The van der Waals surface area contributed by atoms with Gasteiger partial charge in [0, 0.05) is 19.0 Å². The zero-order valence-corrected chi connectivity index (χ0v) is 6.97. The topological polar surface area (TPSA) is 83.3 Å². The maximum Gasteiger partial charge on any atom is 0.181 e. The molecule has 3 rings (SSSR count). The fraction of sp³-hybridized carbons (Fsp3) is 0.625. The van der Waals surface area contributed by atoms with Crippen LogP contribution in [0.25, 0.3) is 0 Å². The van der Waals surface area contributed by atoms with Gasteiger partial charge in [0.15, 0.2) is 5.78 Å². The molecule has 0 aromatic rings. The second-order valence-electron chi connectivity index (χ2n) is 3.07. The molecule has 12 heavy (non-hydrogen) atoms. The van der Waals surface area contributed by atoms with Crippen molar-refractivity contribution in [2.24, 2.45) is 5.92 Å². The highest BCUT2D eigenvalue weighted by atomic mass is 16.1. The van der Waals surface area contributed by atoms with E-state index in [4.69, 9.17) is 0 Å². The van der Waals surface area contributed by atoms with E-state index in [1.54, 1.807) is 0 Å². The molecule has 0 aliphatic carbocycles. The van der Waals surface area contributed by atoms with E-state index in [9.17, 15) is 4.79 Å². The van der Waals surface area contributed by atoms with Crippen molar-refractivity contribution in [3.63, 3.8) is 0 Å². The summed E-state index contributed by atoms with van der Waals surface area (Å²) in [7, 11) is 0. The SMILES string of the molecule is C=C1C(=O)C2CCN1CC2.O.O. The summed E-state index contributed by atoms with van der Waals surface area (Å²) in [6.07, 6.45) is 2.11. The first kappa shape index (κ1) is 11.1. The summed E-state index contributed by atoms with van der Waals surface area (Å²) in [6, 6.07) is 0. The van der Waals surface area contributed by atoms with Gasteiger partial charge in [0.2, 0.25) is 0 Å². The molecule has 0 saturated carbocycles. The van der Waals surface area contributed by atoms with E-state index in [1.165, 1.54) is 0 Å². The van der Waals surface area contributed by atoms with Crippen LogP contribution in [0.4, 0.5) is 0 Å². The molecular formula is C8H15NO3. The number of hydrogen-bond donors (Lipinski definition) is 0. The van der Waals surface area contributed by atoms with E-state index >= 15 is 0 Å². The van der Waals surface area contributed by atoms with E-state index in [-0.39, 0.29) is 16.7 Å². The second-order valence-corrected chi connectivity index (χ2v) is 3.07. The Labute approximate surface area is 71.5 Å². The van der Waals surface area contributed by atoms with Gasteiger partial charge in [-0.2, -0.15) is 0 Å². The fourth-order valence-electron chi connectivity index (χ4n) is 1.80. The number of carbonyl (C=O) groups excluding carboxylic acids is 1. The van der Waals surface area contributed by atoms with Crippen LogP contribution in [-0.4, -0.2) is 34.7 Å². The molecule has 4 heteroatoms. The average molecular weight is 173 g/mol. The zero-order valence-electron chi connectivity index (χ0n) is 6.97. The van der Waals surface area contributed by atoms with Crippen LogP contribution in [0.15, 0.2) is 12.3 Å². The number of nitrogens with zero attached hydrogens (tertiary/aromatic N) is 1. The third-order valence-electron chi connectivity index (χ3n) is 2.53. The molecule has 0 aromatic heterocycles. The van der Waals surface area contributed by atoms with Crippen molar-refractivity contribution in [2.45, 2.75) is 12.8 Å². The lowest BCUT2D eigenvalue weighted by Crippen LogP contribution is -2.45. The lowest BCUT2D eigenvalue weighted by molar-refractivity contribution is -0.125. The normalized spacial score (nSPS) is 21.8. The van der Waals surface area contributed by atoms with Crippen molar-refractivity contribution >= 4 is 5.78 Å². The first-order chi connectivity index (χ1) is 4.79. The average Bonchev–Trinajstić information content (AvgIpc) is 2.00. The van der Waals surface area contributed by atoms with Crippen LogP contribution >= 0.6 is 0 Å². The summed E-state index contributed by atoms with van der Waals surface area (Å²) in [5.41, 5.74) is 0.752. The van der Waals surface area contributed by atoms with Gasteiger partial charge in [-0.05, 0) is 12.8 Å². The molecule has 2 bridgehead atoms. The maximum atomic E-state index is 11.2. The van der Waals surface area contributed by atoms with Gasteiger partial charge in [-0.15, -0.1) is 0 Å². The minimum atomic E-state index is 0. The third-order valence-corrected chi connectivity index (χ3v) is 2.53. The van der Waals surface area contributed by atoms with Crippen LogP contribution in [0, 0.1) is 5.92 Å². The van der Waals surface area contributed by atoms with Gasteiger partial charge in [-0.3, -0.25) is 4.79 Å². The van der Waals surface area contributed by atoms with Crippen molar-refractivity contribution in [3.8, 4) is 0 Å². The highest BCUT2D eigenvalue weighted by Crippen LogP contribution is 2.29. The third kappa shape index (κ3) is 1.35. The summed E-state index contributed by atoms with van der Waals surface area (Å²) in [5, 5.41) is 0. The molecule has 0 atom stereocenters. The Morgan fingerprint density at radius 2 is 1.75 bits per heavy atom. The largest absolute Gasteiger partial charge is 0.412 e. The van der Waals surface area contributed by atoms with E-state index in [0.717, 1.165) is 31.6 Å². The Morgan fingerprint density at radius 1 is 1.25 bits per heavy atom. The minimum Gasteiger partial charge on any atom is -0.412 e. The van der Waals surface area contributed by atoms with Crippen LogP contribution in [-0.2, 0) is 4.79 Å². The van der Waals surface area contributed by atoms with Crippen LogP contribution in [0.1, 0.15) is 12.8 Å².